The number of fused-ring (bicyclic) bond motifs is 2. The number of hydrogen-bond donors (Lipinski definition) is 2. The van der Waals surface area contributed by atoms with Crippen LogP contribution in [0.4, 0.5) is 11.6 Å². The summed E-state index contributed by atoms with van der Waals surface area (Å²) in [5, 5.41) is 12.8. The Hall–Kier alpha value is -2.82. The van der Waals surface area contributed by atoms with Crippen molar-refractivity contribution in [1.29, 1.82) is 0 Å². The van der Waals surface area contributed by atoms with Crippen LogP contribution >= 0.6 is 0 Å². The van der Waals surface area contributed by atoms with E-state index in [1.165, 1.54) is 0 Å². The summed E-state index contributed by atoms with van der Waals surface area (Å²) < 4.78 is 1.92. The highest BCUT2D eigenvalue weighted by molar-refractivity contribution is 5.93. The summed E-state index contributed by atoms with van der Waals surface area (Å²) in [6, 6.07) is 13.9. The summed E-state index contributed by atoms with van der Waals surface area (Å²) in [6.45, 7) is 0. The molecule has 19 heavy (non-hydrogen) atoms. The Bertz CT molecular complexity index is 858. The molecular formula is C14H11N5. The van der Waals surface area contributed by atoms with E-state index in [1.807, 2.05) is 59.3 Å². The van der Waals surface area contributed by atoms with E-state index in [-0.39, 0.29) is 0 Å². The molecule has 0 unspecified atom stereocenters. The van der Waals surface area contributed by atoms with Crippen LogP contribution in [0.1, 0.15) is 0 Å². The molecule has 0 radical (unpaired) electrons. The quantitative estimate of drug-likeness (QED) is 0.574. The molecule has 0 saturated heterocycles. The second kappa shape index (κ2) is 3.84. The number of aromatic amines is 1. The number of nitrogens with one attached hydrogen (secondary N) is 2. The minimum atomic E-state index is 0.712. The van der Waals surface area contributed by atoms with Crippen LogP contribution in [0, 0.1) is 0 Å². The third-order valence-corrected chi connectivity index (χ3v) is 3.16. The lowest BCUT2D eigenvalue weighted by Crippen LogP contribution is -1.96. The van der Waals surface area contributed by atoms with Crippen LogP contribution < -0.4 is 5.32 Å². The predicted molar refractivity (Wildman–Crippen MR) is 74.6 cm³/mol. The SMILES string of the molecule is c1cc(Nc2nnc3ccccn23)c2cc[nH]c2c1. The highest BCUT2D eigenvalue weighted by Gasteiger charge is 2.07. The third kappa shape index (κ3) is 1.55. The van der Waals surface area contributed by atoms with E-state index in [9.17, 15) is 0 Å². The Labute approximate surface area is 108 Å². The van der Waals surface area contributed by atoms with Crippen molar-refractivity contribution >= 4 is 28.2 Å². The van der Waals surface area contributed by atoms with E-state index in [4.69, 9.17) is 0 Å². The lowest BCUT2D eigenvalue weighted by atomic mass is 10.2. The molecule has 0 aliphatic rings. The monoisotopic (exact) mass is 249 g/mol. The van der Waals surface area contributed by atoms with Gasteiger partial charge in [-0.05, 0) is 30.3 Å². The van der Waals surface area contributed by atoms with E-state index >= 15 is 0 Å². The Morgan fingerprint density at radius 1 is 1.00 bits per heavy atom. The first-order valence-electron chi connectivity index (χ1n) is 6.05. The van der Waals surface area contributed by atoms with Gasteiger partial charge >= 0.3 is 0 Å². The third-order valence-electron chi connectivity index (χ3n) is 3.16. The maximum absolute atomic E-state index is 4.17. The van der Waals surface area contributed by atoms with E-state index in [0.717, 1.165) is 22.2 Å². The first kappa shape index (κ1) is 10.1. The standard InChI is InChI=1S/C14H11N5/c1-2-9-19-13(6-1)17-18-14(19)16-12-5-3-4-11-10(12)7-8-15-11/h1-9,15H,(H,16,18). The summed E-state index contributed by atoms with van der Waals surface area (Å²) >= 11 is 0. The van der Waals surface area contributed by atoms with Gasteiger partial charge in [-0.1, -0.05) is 12.1 Å². The maximum atomic E-state index is 4.17. The molecule has 3 aromatic heterocycles. The van der Waals surface area contributed by atoms with Crippen LogP contribution in [0.25, 0.3) is 16.6 Å². The molecule has 92 valence electrons. The first-order valence-corrected chi connectivity index (χ1v) is 6.05. The van der Waals surface area contributed by atoms with Crippen LogP contribution in [0.3, 0.4) is 0 Å². The zero-order chi connectivity index (χ0) is 12.7. The van der Waals surface area contributed by atoms with Crippen LogP contribution in [-0.2, 0) is 0 Å². The van der Waals surface area contributed by atoms with Gasteiger partial charge in [0.05, 0.1) is 5.69 Å². The average molecular weight is 249 g/mol. The molecule has 5 nitrogen and oxygen atoms in total. The molecule has 0 saturated carbocycles. The lowest BCUT2D eigenvalue weighted by molar-refractivity contribution is 1.11. The largest absolute Gasteiger partial charge is 0.361 e. The second-order valence-electron chi connectivity index (χ2n) is 4.32. The van der Waals surface area contributed by atoms with Gasteiger partial charge in [0.2, 0.25) is 5.95 Å². The van der Waals surface area contributed by atoms with E-state index in [0.29, 0.717) is 5.95 Å². The molecule has 0 aliphatic carbocycles. The van der Waals surface area contributed by atoms with Crippen LogP contribution in [0.5, 0.6) is 0 Å². The van der Waals surface area contributed by atoms with E-state index < -0.39 is 0 Å². The fourth-order valence-corrected chi connectivity index (χ4v) is 2.24. The molecule has 0 atom stereocenters. The van der Waals surface area contributed by atoms with Crippen LogP contribution in [0.2, 0.25) is 0 Å². The molecule has 5 heteroatoms. The number of H-pyrrole nitrogens is 1. The Balaban J connectivity index is 1.84. The van der Waals surface area contributed by atoms with Crippen molar-refractivity contribution in [2.75, 3.05) is 5.32 Å². The predicted octanol–water partition coefficient (Wildman–Crippen LogP) is 2.95. The highest BCUT2D eigenvalue weighted by Crippen LogP contribution is 2.25. The molecule has 2 N–H and O–H groups in total. The zero-order valence-electron chi connectivity index (χ0n) is 10.0. The summed E-state index contributed by atoms with van der Waals surface area (Å²) in [4.78, 5) is 3.19. The Kier molecular flexibility index (Phi) is 2.05. The molecule has 3 heterocycles. The summed E-state index contributed by atoms with van der Waals surface area (Å²) in [5.41, 5.74) is 2.93. The average Bonchev–Trinajstić information content (AvgIpc) is 3.06. The maximum Gasteiger partial charge on any atom is 0.233 e. The fourth-order valence-electron chi connectivity index (χ4n) is 2.24. The minimum absolute atomic E-state index is 0.712. The van der Waals surface area contributed by atoms with Crippen molar-refractivity contribution in [3.8, 4) is 0 Å². The van der Waals surface area contributed by atoms with Crippen molar-refractivity contribution in [2.24, 2.45) is 0 Å². The van der Waals surface area contributed by atoms with Crippen molar-refractivity contribution in [1.82, 2.24) is 19.6 Å². The smallest absolute Gasteiger partial charge is 0.233 e. The van der Waals surface area contributed by atoms with Gasteiger partial charge in [-0.15, -0.1) is 10.2 Å². The van der Waals surface area contributed by atoms with Gasteiger partial charge in [0.25, 0.3) is 0 Å². The number of benzene rings is 1. The van der Waals surface area contributed by atoms with Gasteiger partial charge in [-0.2, -0.15) is 0 Å². The normalized spacial score (nSPS) is 11.2. The van der Waals surface area contributed by atoms with Crippen molar-refractivity contribution < 1.29 is 0 Å². The highest BCUT2D eigenvalue weighted by atomic mass is 15.3. The van der Waals surface area contributed by atoms with Crippen molar-refractivity contribution in [3.63, 3.8) is 0 Å². The molecule has 4 aromatic rings. The molecule has 0 spiro atoms. The van der Waals surface area contributed by atoms with Gasteiger partial charge in [0.1, 0.15) is 0 Å². The van der Waals surface area contributed by atoms with Gasteiger partial charge in [-0.3, -0.25) is 4.40 Å². The summed E-state index contributed by atoms with van der Waals surface area (Å²) in [5.74, 6) is 0.712. The van der Waals surface area contributed by atoms with Crippen LogP contribution in [-0.4, -0.2) is 19.6 Å². The number of pyridine rings is 1. The molecule has 4 rings (SSSR count). The van der Waals surface area contributed by atoms with Crippen LogP contribution in [0.15, 0.2) is 54.9 Å². The molecule has 0 aliphatic heterocycles. The molecule has 0 amide bonds. The fraction of sp³-hybridized carbons (Fsp3) is 0. The van der Waals surface area contributed by atoms with Gasteiger partial charge < -0.3 is 10.3 Å². The second-order valence-corrected chi connectivity index (χ2v) is 4.32. The van der Waals surface area contributed by atoms with Gasteiger partial charge in [-0.25, -0.2) is 0 Å². The van der Waals surface area contributed by atoms with Crippen molar-refractivity contribution in [3.05, 3.63) is 54.9 Å². The molecular weight excluding hydrogens is 238 g/mol. The molecule has 1 aromatic carbocycles. The zero-order valence-corrected chi connectivity index (χ0v) is 10.0. The minimum Gasteiger partial charge on any atom is -0.361 e. The number of hydrogen-bond acceptors (Lipinski definition) is 3. The summed E-state index contributed by atoms with van der Waals surface area (Å²) in [6.07, 6.45) is 3.87. The van der Waals surface area contributed by atoms with Gasteiger partial charge in [0.15, 0.2) is 5.65 Å². The lowest BCUT2D eigenvalue weighted by Gasteiger charge is -2.05. The molecule has 0 bridgehead atoms. The first-order chi connectivity index (χ1) is 9.42. The summed E-state index contributed by atoms with van der Waals surface area (Å²) in [7, 11) is 0. The van der Waals surface area contributed by atoms with Crippen molar-refractivity contribution in [2.45, 2.75) is 0 Å². The van der Waals surface area contributed by atoms with Gasteiger partial charge in [0, 0.05) is 23.3 Å². The molecule has 0 fully saturated rings. The topological polar surface area (TPSA) is 58.0 Å². The Morgan fingerprint density at radius 3 is 3.00 bits per heavy atom. The Morgan fingerprint density at radius 2 is 2.00 bits per heavy atom. The number of nitrogens with zero attached hydrogens (tertiary/aromatic N) is 3. The number of rotatable bonds is 2. The van der Waals surface area contributed by atoms with E-state index in [2.05, 4.69) is 20.5 Å². The number of aromatic nitrogens is 4. The van der Waals surface area contributed by atoms with E-state index in [1.54, 1.807) is 0 Å². The number of anilines is 2.